The number of ether oxygens (including phenoxy) is 1. The van der Waals surface area contributed by atoms with Crippen molar-refractivity contribution in [3.8, 4) is 0 Å². The second kappa shape index (κ2) is 9.35. The van der Waals surface area contributed by atoms with E-state index in [1.54, 1.807) is 0 Å². The smallest absolute Gasteiger partial charge is 0.305 e. The number of methoxy groups -OCH3 is 1. The van der Waals surface area contributed by atoms with Crippen molar-refractivity contribution in [2.75, 3.05) is 12.1 Å². The summed E-state index contributed by atoms with van der Waals surface area (Å²) in [5.74, 6) is -0.425. The average Bonchev–Trinajstić information content (AvgIpc) is 2.62. The second-order valence-electron chi connectivity index (χ2n) is 5.37. The molecule has 1 N–H and O–H groups in total. The van der Waals surface area contributed by atoms with E-state index in [1.165, 1.54) is 7.11 Å². The van der Waals surface area contributed by atoms with Gasteiger partial charge in [0, 0.05) is 12.8 Å². The van der Waals surface area contributed by atoms with Gasteiger partial charge in [-0.25, -0.2) is 0 Å². The molecular formula is C19H22N2O3. The van der Waals surface area contributed by atoms with Gasteiger partial charge < -0.3 is 4.74 Å². The van der Waals surface area contributed by atoms with E-state index in [-0.39, 0.29) is 24.7 Å². The lowest BCUT2D eigenvalue weighted by Gasteiger charge is -2.25. The van der Waals surface area contributed by atoms with E-state index < -0.39 is 0 Å². The van der Waals surface area contributed by atoms with Crippen molar-refractivity contribution in [1.29, 1.82) is 0 Å². The number of hydrazine groups is 1. The van der Waals surface area contributed by atoms with Crippen LogP contribution in [0.5, 0.6) is 0 Å². The highest BCUT2D eigenvalue weighted by atomic mass is 16.5. The molecule has 0 atom stereocenters. The van der Waals surface area contributed by atoms with Gasteiger partial charge in [0.1, 0.15) is 0 Å². The van der Waals surface area contributed by atoms with Gasteiger partial charge in [-0.1, -0.05) is 48.5 Å². The van der Waals surface area contributed by atoms with Crippen molar-refractivity contribution < 1.29 is 14.3 Å². The summed E-state index contributed by atoms with van der Waals surface area (Å²) in [5, 5.41) is 1.82. The number of para-hydroxylation sites is 1. The lowest BCUT2D eigenvalue weighted by molar-refractivity contribution is -0.140. The molecule has 0 saturated heterocycles. The van der Waals surface area contributed by atoms with Crippen LogP contribution in [0.3, 0.4) is 0 Å². The van der Waals surface area contributed by atoms with Gasteiger partial charge >= 0.3 is 5.97 Å². The normalized spacial score (nSPS) is 10.0. The summed E-state index contributed by atoms with van der Waals surface area (Å²) in [6, 6.07) is 19.6. The standard InChI is InChI=1S/C19H22N2O3/c1-24-19(23)14-8-13-18(22)20-21(17-11-6-3-7-12-17)15-16-9-4-2-5-10-16/h2-7,9-12H,8,13-15H2,1H3,(H,20,22). The van der Waals surface area contributed by atoms with Crippen molar-refractivity contribution in [3.63, 3.8) is 0 Å². The van der Waals surface area contributed by atoms with Crippen molar-refractivity contribution in [3.05, 3.63) is 66.2 Å². The van der Waals surface area contributed by atoms with Gasteiger partial charge in [-0.15, -0.1) is 0 Å². The number of hydrogen-bond acceptors (Lipinski definition) is 4. The van der Waals surface area contributed by atoms with Crippen molar-refractivity contribution >= 4 is 17.6 Å². The third-order valence-corrected chi connectivity index (χ3v) is 3.52. The molecule has 0 fully saturated rings. The number of nitrogens with zero attached hydrogens (tertiary/aromatic N) is 1. The predicted molar refractivity (Wildman–Crippen MR) is 93.1 cm³/mol. The predicted octanol–water partition coefficient (Wildman–Crippen LogP) is 3.07. The SMILES string of the molecule is COC(=O)CCCC(=O)NN(Cc1ccccc1)c1ccccc1. The first-order valence-corrected chi connectivity index (χ1v) is 7.92. The molecule has 0 bridgehead atoms. The van der Waals surface area contributed by atoms with Gasteiger partial charge in [-0.3, -0.25) is 20.0 Å². The Labute approximate surface area is 142 Å². The fourth-order valence-corrected chi connectivity index (χ4v) is 2.27. The van der Waals surface area contributed by atoms with Crippen molar-refractivity contribution in [1.82, 2.24) is 5.43 Å². The highest BCUT2D eigenvalue weighted by Gasteiger charge is 2.11. The summed E-state index contributed by atoms with van der Waals surface area (Å²) in [6.45, 7) is 0.563. The third kappa shape index (κ3) is 5.76. The third-order valence-electron chi connectivity index (χ3n) is 3.52. The molecule has 2 aromatic carbocycles. The molecule has 0 aliphatic carbocycles. The van der Waals surface area contributed by atoms with Crippen LogP contribution in [0.15, 0.2) is 60.7 Å². The zero-order valence-corrected chi connectivity index (χ0v) is 13.8. The highest BCUT2D eigenvalue weighted by molar-refractivity contribution is 5.78. The molecule has 5 nitrogen and oxygen atoms in total. The Morgan fingerprint density at radius 3 is 2.21 bits per heavy atom. The highest BCUT2D eigenvalue weighted by Crippen LogP contribution is 2.15. The fraction of sp³-hybridized carbons (Fsp3) is 0.263. The van der Waals surface area contributed by atoms with Crippen molar-refractivity contribution in [2.24, 2.45) is 0 Å². The first-order valence-electron chi connectivity index (χ1n) is 7.92. The van der Waals surface area contributed by atoms with E-state index in [9.17, 15) is 9.59 Å². The van der Waals surface area contributed by atoms with Crippen LogP contribution in [-0.4, -0.2) is 19.0 Å². The molecule has 0 spiro atoms. The molecule has 0 saturated carbocycles. The largest absolute Gasteiger partial charge is 0.469 e. The van der Waals surface area contributed by atoms with E-state index in [2.05, 4.69) is 10.2 Å². The van der Waals surface area contributed by atoms with Crippen LogP contribution in [0.1, 0.15) is 24.8 Å². The Balaban J connectivity index is 1.98. The molecule has 0 radical (unpaired) electrons. The zero-order valence-electron chi connectivity index (χ0n) is 13.8. The van der Waals surface area contributed by atoms with Crippen LogP contribution in [0.2, 0.25) is 0 Å². The van der Waals surface area contributed by atoms with E-state index in [0.29, 0.717) is 13.0 Å². The number of carbonyl (C=O) groups is 2. The van der Waals surface area contributed by atoms with Gasteiger partial charge in [-0.05, 0) is 24.1 Å². The minimum Gasteiger partial charge on any atom is -0.469 e. The number of anilines is 1. The molecule has 0 aliphatic rings. The number of esters is 1. The molecule has 2 rings (SSSR count). The topological polar surface area (TPSA) is 58.6 Å². The van der Waals surface area contributed by atoms with Crippen LogP contribution in [0.25, 0.3) is 0 Å². The monoisotopic (exact) mass is 326 g/mol. The number of amides is 1. The van der Waals surface area contributed by atoms with Gasteiger partial charge in [0.25, 0.3) is 0 Å². The van der Waals surface area contributed by atoms with Gasteiger partial charge in [0.05, 0.1) is 19.3 Å². The average molecular weight is 326 g/mol. The maximum absolute atomic E-state index is 12.2. The molecule has 0 aliphatic heterocycles. The number of nitrogens with one attached hydrogen (secondary N) is 1. The molecule has 0 aromatic heterocycles. The van der Waals surface area contributed by atoms with E-state index >= 15 is 0 Å². The second-order valence-corrected chi connectivity index (χ2v) is 5.37. The fourth-order valence-electron chi connectivity index (χ4n) is 2.27. The van der Waals surface area contributed by atoms with Crippen LogP contribution in [0, 0.1) is 0 Å². The Kier molecular flexibility index (Phi) is 6.83. The number of hydrogen-bond donors (Lipinski definition) is 1. The molecule has 0 unspecified atom stereocenters. The summed E-state index contributed by atoms with van der Waals surface area (Å²) < 4.78 is 4.58. The number of benzene rings is 2. The van der Waals surface area contributed by atoms with Crippen LogP contribution < -0.4 is 10.4 Å². The molecule has 24 heavy (non-hydrogen) atoms. The first kappa shape index (κ1) is 17.5. The number of carbonyl (C=O) groups excluding carboxylic acids is 2. The van der Waals surface area contributed by atoms with Crippen LogP contribution in [0.4, 0.5) is 5.69 Å². The molecule has 2 aromatic rings. The van der Waals surface area contributed by atoms with E-state index in [1.807, 2.05) is 65.7 Å². The molecule has 0 heterocycles. The zero-order chi connectivity index (χ0) is 17.2. The van der Waals surface area contributed by atoms with Crippen LogP contribution >= 0.6 is 0 Å². The minimum absolute atomic E-state index is 0.126. The summed E-state index contributed by atoms with van der Waals surface area (Å²) in [7, 11) is 1.35. The maximum Gasteiger partial charge on any atom is 0.305 e. The van der Waals surface area contributed by atoms with Gasteiger partial charge in [0.2, 0.25) is 5.91 Å². The van der Waals surface area contributed by atoms with Gasteiger partial charge in [0.15, 0.2) is 0 Å². The summed E-state index contributed by atoms with van der Waals surface area (Å²) in [4.78, 5) is 23.3. The van der Waals surface area contributed by atoms with Crippen molar-refractivity contribution in [2.45, 2.75) is 25.8 Å². The minimum atomic E-state index is -0.299. The summed E-state index contributed by atoms with van der Waals surface area (Å²) in [6.07, 6.45) is 0.980. The number of rotatable bonds is 8. The quantitative estimate of drug-likeness (QED) is 0.598. The maximum atomic E-state index is 12.2. The first-order chi connectivity index (χ1) is 11.7. The Morgan fingerprint density at radius 1 is 0.958 bits per heavy atom. The molecule has 126 valence electrons. The Hall–Kier alpha value is -2.82. The summed E-state index contributed by atoms with van der Waals surface area (Å²) >= 11 is 0. The Morgan fingerprint density at radius 2 is 1.58 bits per heavy atom. The lowest BCUT2D eigenvalue weighted by atomic mass is 10.2. The van der Waals surface area contributed by atoms with Crippen LogP contribution in [-0.2, 0) is 20.9 Å². The van der Waals surface area contributed by atoms with E-state index in [4.69, 9.17) is 0 Å². The van der Waals surface area contributed by atoms with E-state index in [0.717, 1.165) is 11.3 Å². The Bertz CT molecular complexity index is 644. The molecule has 1 amide bonds. The lowest BCUT2D eigenvalue weighted by Crippen LogP contribution is -2.41. The molecule has 5 heteroatoms. The van der Waals surface area contributed by atoms with Gasteiger partial charge in [-0.2, -0.15) is 0 Å². The molecular weight excluding hydrogens is 304 g/mol. The summed E-state index contributed by atoms with van der Waals surface area (Å²) in [5.41, 5.74) is 4.91.